The lowest BCUT2D eigenvalue weighted by Crippen LogP contribution is -2.24. The van der Waals surface area contributed by atoms with Crippen LogP contribution in [0.2, 0.25) is 0 Å². The first-order valence-electron chi connectivity index (χ1n) is 9.49. The van der Waals surface area contributed by atoms with Crippen molar-refractivity contribution < 1.29 is 8.42 Å². The molecule has 0 aliphatic rings. The molecule has 2 aromatic carbocycles. The third-order valence-corrected chi connectivity index (χ3v) is 7.12. The van der Waals surface area contributed by atoms with Gasteiger partial charge in [-0.3, -0.25) is 9.36 Å². The fourth-order valence-electron chi connectivity index (χ4n) is 3.12. The Morgan fingerprint density at radius 1 is 1.10 bits per heavy atom. The number of rotatable bonds is 8. The minimum atomic E-state index is -3.25. The summed E-state index contributed by atoms with van der Waals surface area (Å²) in [6, 6.07) is 15.1. The van der Waals surface area contributed by atoms with Crippen LogP contribution in [0, 0.1) is 0 Å². The molecule has 6 nitrogen and oxygen atoms in total. The van der Waals surface area contributed by atoms with Gasteiger partial charge < -0.3 is 0 Å². The summed E-state index contributed by atoms with van der Waals surface area (Å²) in [6.45, 7) is 4.18. The number of nitrogens with zero attached hydrogens (tertiary/aromatic N) is 2. The number of aromatic nitrogens is 2. The Balaban J connectivity index is 2.07. The Morgan fingerprint density at radius 3 is 2.52 bits per heavy atom. The van der Waals surface area contributed by atoms with Crippen LogP contribution in [-0.2, 0) is 10.0 Å². The second-order valence-corrected chi connectivity index (χ2v) is 10.1. The van der Waals surface area contributed by atoms with E-state index >= 15 is 0 Å². The van der Waals surface area contributed by atoms with Crippen LogP contribution in [0.5, 0.6) is 0 Å². The molecule has 0 atom stereocenters. The third-order valence-electron chi connectivity index (χ3n) is 4.64. The number of hydrogen-bond donors (Lipinski definition) is 1. The normalized spacial score (nSPS) is 12.0. The van der Waals surface area contributed by atoms with Gasteiger partial charge in [-0.15, -0.1) is 0 Å². The van der Waals surface area contributed by atoms with Crippen molar-refractivity contribution in [3.63, 3.8) is 0 Å². The number of thioether (sulfide) groups is 1. The molecule has 0 unspecified atom stereocenters. The van der Waals surface area contributed by atoms with E-state index in [9.17, 15) is 13.2 Å². The highest BCUT2D eigenvalue weighted by atomic mass is 32.2. The highest BCUT2D eigenvalue weighted by molar-refractivity contribution is 7.99. The predicted octanol–water partition coefficient (Wildman–Crippen LogP) is 3.54. The van der Waals surface area contributed by atoms with Crippen LogP contribution in [0.1, 0.15) is 31.7 Å². The standard InChI is InChI=1S/C21H25N3O3S2/c1-15(2)16-9-5-7-12-19(16)24-20(25)17-10-4-6-11-18(17)23-21(24)28-13-8-14-29(26,27)22-3/h4-7,9-12,15,22H,8,13-14H2,1-3H3. The van der Waals surface area contributed by atoms with Gasteiger partial charge in [-0.05, 0) is 43.1 Å². The molecule has 0 aliphatic carbocycles. The van der Waals surface area contributed by atoms with Gasteiger partial charge >= 0.3 is 0 Å². The molecular weight excluding hydrogens is 406 g/mol. The summed E-state index contributed by atoms with van der Waals surface area (Å²) in [7, 11) is -1.84. The van der Waals surface area contributed by atoms with E-state index < -0.39 is 10.0 Å². The summed E-state index contributed by atoms with van der Waals surface area (Å²) in [6.07, 6.45) is 0.461. The van der Waals surface area contributed by atoms with E-state index in [0.29, 0.717) is 28.2 Å². The molecule has 0 aliphatic heterocycles. The van der Waals surface area contributed by atoms with Gasteiger partial charge in [0.1, 0.15) is 0 Å². The van der Waals surface area contributed by atoms with Gasteiger partial charge in [-0.2, -0.15) is 0 Å². The number of benzene rings is 2. The summed E-state index contributed by atoms with van der Waals surface area (Å²) in [4.78, 5) is 18.1. The number of hydrogen-bond acceptors (Lipinski definition) is 5. The third kappa shape index (κ3) is 4.88. The molecule has 0 radical (unpaired) electrons. The molecule has 154 valence electrons. The van der Waals surface area contributed by atoms with E-state index in [1.807, 2.05) is 42.5 Å². The number of para-hydroxylation sites is 2. The topological polar surface area (TPSA) is 81.1 Å². The predicted molar refractivity (Wildman–Crippen MR) is 120 cm³/mol. The molecule has 3 rings (SSSR count). The van der Waals surface area contributed by atoms with Crippen LogP contribution in [0.4, 0.5) is 0 Å². The summed E-state index contributed by atoms with van der Waals surface area (Å²) in [5.74, 6) is 0.815. The molecule has 1 aromatic heterocycles. The van der Waals surface area contributed by atoms with Crippen molar-refractivity contribution in [2.75, 3.05) is 18.6 Å². The second-order valence-electron chi connectivity index (χ2n) is 6.99. The first kappa shape index (κ1) is 21.5. The molecule has 3 aromatic rings. The first-order chi connectivity index (χ1) is 13.8. The SMILES string of the molecule is CNS(=O)(=O)CCCSc1nc2ccccc2c(=O)n1-c1ccccc1C(C)C. The molecule has 0 saturated carbocycles. The molecule has 0 saturated heterocycles. The van der Waals surface area contributed by atoms with Crippen LogP contribution >= 0.6 is 11.8 Å². The van der Waals surface area contributed by atoms with E-state index in [-0.39, 0.29) is 17.2 Å². The van der Waals surface area contributed by atoms with Crippen molar-refractivity contribution in [3.8, 4) is 5.69 Å². The minimum Gasteiger partial charge on any atom is -0.268 e. The van der Waals surface area contributed by atoms with Crippen molar-refractivity contribution in [3.05, 3.63) is 64.4 Å². The van der Waals surface area contributed by atoms with Crippen molar-refractivity contribution >= 4 is 32.7 Å². The molecule has 0 spiro atoms. The Bertz CT molecular complexity index is 1170. The van der Waals surface area contributed by atoms with Crippen molar-refractivity contribution in [2.45, 2.75) is 31.3 Å². The van der Waals surface area contributed by atoms with E-state index in [1.165, 1.54) is 18.8 Å². The highest BCUT2D eigenvalue weighted by Crippen LogP contribution is 2.27. The van der Waals surface area contributed by atoms with Crippen LogP contribution in [0.3, 0.4) is 0 Å². The Morgan fingerprint density at radius 2 is 1.79 bits per heavy atom. The lowest BCUT2D eigenvalue weighted by atomic mass is 10.0. The average molecular weight is 432 g/mol. The minimum absolute atomic E-state index is 0.0386. The van der Waals surface area contributed by atoms with Gasteiger partial charge in [0.05, 0.1) is 22.3 Å². The number of sulfonamides is 1. The lowest BCUT2D eigenvalue weighted by molar-refractivity contribution is 0.587. The summed E-state index contributed by atoms with van der Waals surface area (Å²) >= 11 is 1.40. The Hall–Kier alpha value is -2.16. The van der Waals surface area contributed by atoms with Crippen LogP contribution in [0.15, 0.2) is 58.5 Å². The van der Waals surface area contributed by atoms with E-state index in [1.54, 1.807) is 10.6 Å². The zero-order valence-corrected chi connectivity index (χ0v) is 18.4. The molecule has 8 heteroatoms. The maximum Gasteiger partial charge on any atom is 0.266 e. The van der Waals surface area contributed by atoms with Crippen molar-refractivity contribution in [2.24, 2.45) is 0 Å². The quantitative estimate of drug-likeness (QED) is 0.335. The van der Waals surface area contributed by atoms with Gasteiger partial charge in [-0.25, -0.2) is 18.1 Å². The van der Waals surface area contributed by atoms with E-state index in [4.69, 9.17) is 4.98 Å². The van der Waals surface area contributed by atoms with Crippen LogP contribution in [0.25, 0.3) is 16.6 Å². The largest absolute Gasteiger partial charge is 0.268 e. The smallest absolute Gasteiger partial charge is 0.266 e. The van der Waals surface area contributed by atoms with Gasteiger partial charge in [0.15, 0.2) is 5.16 Å². The zero-order chi connectivity index (χ0) is 21.0. The van der Waals surface area contributed by atoms with Crippen LogP contribution < -0.4 is 10.3 Å². The molecular formula is C21H25N3O3S2. The van der Waals surface area contributed by atoms with Crippen LogP contribution in [-0.4, -0.2) is 36.5 Å². The average Bonchev–Trinajstić information content (AvgIpc) is 2.71. The zero-order valence-electron chi connectivity index (χ0n) is 16.8. The molecule has 0 bridgehead atoms. The summed E-state index contributed by atoms with van der Waals surface area (Å²) in [5, 5.41) is 1.14. The van der Waals surface area contributed by atoms with Crippen molar-refractivity contribution in [1.29, 1.82) is 0 Å². The maximum atomic E-state index is 13.4. The fourth-order valence-corrected chi connectivity index (χ4v) is 4.97. The summed E-state index contributed by atoms with van der Waals surface area (Å²) < 4.78 is 27.3. The van der Waals surface area contributed by atoms with Gasteiger partial charge in [0.2, 0.25) is 10.0 Å². The highest BCUT2D eigenvalue weighted by Gasteiger charge is 2.17. The molecule has 0 amide bonds. The van der Waals surface area contributed by atoms with Gasteiger partial charge in [0.25, 0.3) is 5.56 Å². The molecule has 29 heavy (non-hydrogen) atoms. The van der Waals surface area contributed by atoms with E-state index in [0.717, 1.165) is 11.3 Å². The molecule has 1 heterocycles. The van der Waals surface area contributed by atoms with E-state index in [2.05, 4.69) is 18.6 Å². The van der Waals surface area contributed by atoms with Gasteiger partial charge in [-0.1, -0.05) is 55.9 Å². The number of fused-ring (bicyclic) bond motifs is 1. The second kappa shape index (κ2) is 9.11. The fraction of sp³-hybridized carbons (Fsp3) is 0.333. The Kier molecular flexibility index (Phi) is 6.77. The molecule has 0 fully saturated rings. The summed E-state index contributed by atoms with van der Waals surface area (Å²) in [5.41, 5.74) is 2.40. The lowest BCUT2D eigenvalue weighted by Gasteiger charge is -2.18. The molecule has 1 N–H and O–H groups in total. The Labute approximate surface area is 175 Å². The monoisotopic (exact) mass is 431 g/mol. The maximum absolute atomic E-state index is 13.4. The van der Waals surface area contributed by atoms with Crippen molar-refractivity contribution in [1.82, 2.24) is 14.3 Å². The first-order valence-corrected chi connectivity index (χ1v) is 12.1. The number of nitrogens with one attached hydrogen (secondary N) is 1. The van der Waals surface area contributed by atoms with Gasteiger partial charge in [0, 0.05) is 5.75 Å².